The minimum absolute atomic E-state index is 0.137. The lowest BCUT2D eigenvalue weighted by Crippen LogP contribution is -2.26. The van der Waals surface area contributed by atoms with Crippen molar-refractivity contribution in [1.82, 2.24) is 0 Å². The molecule has 11 heteroatoms. The summed E-state index contributed by atoms with van der Waals surface area (Å²) >= 11 is 0. The highest BCUT2D eigenvalue weighted by molar-refractivity contribution is 7.92. The van der Waals surface area contributed by atoms with Gasteiger partial charge in [0.2, 0.25) is 10.0 Å². The molecule has 0 aliphatic carbocycles. The molecule has 2 aromatic rings. The Morgan fingerprint density at radius 1 is 0.967 bits per heavy atom. The Labute approximate surface area is 174 Å². The van der Waals surface area contributed by atoms with Crippen molar-refractivity contribution in [3.8, 4) is 0 Å². The van der Waals surface area contributed by atoms with E-state index in [1.165, 1.54) is 24.3 Å². The lowest BCUT2D eigenvalue weighted by Gasteiger charge is -2.13. The molecular weight excluding hydrogens is 432 g/mol. The molecule has 0 fully saturated rings. The number of nitrogens with zero attached hydrogens (tertiary/aromatic N) is 1. The smallest absolute Gasteiger partial charge is 0.290 e. The van der Waals surface area contributed by atoms with Crippen molar-refractivity contribution < 1.29 is 26.4 Å². The van der Waals surface area contributed by atoms with Crippen molar-refractivity contribution in [2.75, 3.05) is 16.7 Å². The first kappa shape index (κ1) is 23.4. The second-order valence-corrected chi connectivity index (χ2v) is 10.6. The van der Waals surface area contributed by atoms with Crippen molar-refractivity contribution in [1.29, 1.82) is 0 Å². The van der Waals surface area contributed by atoms with Crippen LogP contribution < -0.4 is 4.72 Å². The molecule has 0 bridgehead atoms. The number of carbonyl (C=O) groups is 2. The number of rotatable bonds is 10. The summed E-state index contributed by atoms with van der Waals surface area (Å²) in [7, 11) is -7.28. The molecule has 30 heavy (non-hydrogen) atoms. The van der Waals surface area contributed by atoms with Gasteiger partial charge in [-0.1, -0.05) is 30.3 Å². The molecule has 160 valence electrons. The Balaban J connectivity index is 2.13. The summed E-state index contributed by atoms with van der Waals surface area (Å²) in [5, 5.41) is 2.30. The fourth-order valence-electron chi connectivity index (χ4n) is 2.77. The van der Waals surface area contributed by atoms with E-state index in [1.807, 2.05) is 0 Å². The van der Waals surface area contributed by atoms with Gasteiger partial charge in [-0.25, -0.2) is 16.8 Å². The minimum Gasteiger partial charge on any atom is -0.294 e. The number of sulfonamides is 1. The van der Waals surface area contributed by atoms with Crippen LogP contribution in [-0.2, 0) is 30.4 Å². The molecule has 2 rings (SSSR count). The molecule has 0 aliphatic rings. The molecule has 1 unspecified atom stereocenters. The summed E-state index contributed by atoms with van der Waals surface area (Å²) in [6.07, 6.45) is 0.460. The molecule has 2 aromatic carbocycles. The summed E-state index contributed by atoms with van der Waals surface area (Å²) in [4.78, 5) is 35.0. The summed E-state index contributed by atoms with van der Waals surface area (Å²) in [6, 6.07) is 13.7. The minimum atomic E-state index is -3.79. The fourth-order valence-corrected chi connectivity index (χ4v) is 5.02. The Morgan fingerprint density at radius 3 is 2.10 bits per heavy atom. The molecule has 9 nitrogen and oxygen atoms in total. The van der Waals surface area contributed by atoms with Gasteiger partial charge < -0.3 is 0 Å². The Morgan fingerprint density at radius 2 is 1.57 bits per heavy atom. The van der Waals surface area contributed by atoms with E-state index in [9.17, 15) is 31.3 Å². The first-order chi connectivity index (χ1) is 14.0. The molecular formula is C19H20N2O7S2. The third kappa shape index (κ3) is 7.48. The molecule has 1 N–H and O–H groups in total. The molecule has 0 aliphatic heterocycles. The van der Waals surface area contributed by atoms with Gasteiger partial charge in [0.15, 0.2) is 15.6 Å². The summed E-state index contributed by atoms with van der Waals surface area (Å²) in [5.41, 5.74) is 0.892. The van der Waals surface area contributed by atoms with E-state index >= 15 is 0 Å². The van der Waals surface area contributed by atoms with Crippen LogP contribution in [0, 0.1) is 10.8 Å². The SMILES string of the molecule is CS(=O)(=O)Nc1ccc(C(=O)CC(CS(=O)(=O)Cc2ccccc2)C(=O)N=O)cc1. The number of nitroso groups, excluding NO2 is 1. The number of sulfone groups is 1. The number of anilines is 1. The molecule has 0 saturated heterocycles. The highest BCUT2D eigenvalue weighted by Crippen LogP contribution is 2.19. The van der Waals surface area contributed by atoms with Crippen molar-refractivity contribution in [3.63, 3.8) is 0 Å². The van der Waals surface area contributed by atoms with Gasteiger partial charge in [0, 0.05) is 22.8 Å². The normalized spacial score (nSPS) is 12.7. The lowest BCUT2D eigenvalue weighted by atomic mass is 9.99. The second-order valence-electron chi connectivity index (χ2n) is 6.75. The topological polar surface area (TPSA) is 144 Å². The molecule has 0 heterocycles. The van der Waals surface area contributed by atoms with Crippen LogP contribution in [0.15, 0.2) is 59.8 Å². The van der Waals surface area contributed by atoms with E-state index in [0.717, 1.165) is 6.26 Å². The van der Waals surface area contributed by atoms with Crippen LogP contribution in [-0.4, -0.2) is 40.5 Å². The fraction of sp³-hybridized carbons (Fsp3) is 0.263. The van der Waals surface area contributed by atoms with E-state index < -0.39 is 49.6 Å². The molecule has 1 amide bonds. The Hall–Kier alpha value is -2.92. The molecule has 1 atom stereocenters. The predicted molar refractivity (Wildman–Crippen MR) is 112 cm³/mol. The maximum absolute atomic E-state index is 12.5. The Kier molecular flexibility index (Phi) is 7.57. The van der Waals surface area contributed by atoms with E-state index in [4.69, 9.17) is 0 Å². The average molecular weight is 453 g/mol. The predicted octanol–water partition coefficient (Wildman–Crippen LogP) is 2.16. The quantitative estimate of drug-likeness (QED) is 0.429. The molecule has 0 spiro atoms. The third-order valence-corrected chi connectivity index (χ3v) is 6.36. The van der Waals surface area contributed by atoms with Gasteiger partial charge in [0.05, 0.1) is 23.7 Å². The van der Waals surface area contributed by atoms with Crippen LogP contribution in [0.1, 0.15) is 22.3 Å². The maximum Gasteiger partial charge on any atom is 0.290 e. The number of hydrogen-bond donors (Lipinski definition) is 1. The van der Waals surface area contributed by atoms with E-state index in [2.05, 4.69) is 9.90 Å². The highest BCUT2D eigenvalue weighted by atomic mass is 32.2. The van der Waals surface area contributed by atoms with E-state index in [1.54, 1.807) is 30.3 Å². The van der Waals surface area contributed by atoms with Crippen molar-refractivity contribution in [2.24, 2.45) is 11.1 Å². The van der Waals surface area contributed by atoms with Crippen LogP contribution in [0.3, 0.4) is 0 Å². The molecule has 0 radical (unpaired) electrons. The largest absolute Gasteiger partial charge is 0.294 e. The number of Topliss-reactive ketones (excluding diaryl/α,β-unsaturated/α-hetero) is 1. The lowest BCUT2D eigenvalue weighted by molar-refractivity contribution is -0.121. The maximum atomic E-state index is 12.5. The van der Waals surface area contributed by atoms with Crippen LogP contribution >= 0.6 is 0 Å². The monoisotopic (exact) mass is 452 g/mol. The highest BCUT2D eigenvalue weighted by Gasteiger charge is 2.29. The van der Waals surface area contributed by atoms with Gasteiger partial charge >= 0.3 is 0 Å². The van der Waals surface area contributed by atoms with Crippen molar-refractivity contribution in [3.05, 3.63) is 70.6 Å². The summed E-state index contributed by atoms with van der Waals surface area (Å²) in [6.45, 7) is 0. The first-order valence-electron chi connectivity index (χ1n) is 8.72. The van der Waals surface area contributed by atoms with Gasteiger partial charge in [-0.15, -0.1) is 4.91 Å². The van der Waals surface area contributed by atoms with E-state index in [-0.39, 0.29) is 17.0 Å². The number of amides is 1. The summed E-state index contributed by atoms with van der Waals surface area (Å²) < 4.78 is 49.6. The van der Waals surface area contributed by atoms with Crippen molar-refractivity contribution in [2.45, 2.75) is 12.2 Å². The zero-order chi connectivity index (χ0) is 22.4. The van der Waals surface area contributed by atoms with E-state index in [0.29, 0.717) is 5.56 Å². The zero-order valence-electron chi connectivity index (χ0n) is 16.0. The number of hydrogen-bond acceptors (Lipinski definition) is 7. The number of ketones is 1. The van der Waals surface area contributed by atoms with Crippen molar-refractivity contribution >= 4 is 37.2 Å². The molecule has 0 saturated carbocycles. The van der Waals surface area contributed by atoms with Gasteiger partial charge in [0.1, 0.15) is 0 Å². The second kappa shape index (κ2) is 9.72. The average Bonchev–Trinajstić information content (AvgIpc) is 2.66. The number of carbonyl (C=O) groups excluding carboxylic acids is 2. The van der Waals surface area contributed by atoms with Crippen LogP contribution in [0.4, 0.5) is 5.69 Å². The third-order valence-electron chi connectivity index (χ3n) is 4.07. The van der Waals surface area contributed by atoms with Gasteiger partial charge in [-0.2, -0.15) is 0 Å². The van der Waals surface area contributed by atoms with Gasteiger partial charge in [-0.3, -0.25) is 14.3 Å². The Bertz CT molecular complexity index is 1130. The van der Waals surface area contributed by atoms with Crippen LogP contribution in [0.5, 0.6) is 0 Å². The van der Waals surface area contributed by atoms with Gasteiger partial charge in [0.25, 0.3) is 5.91 Å². The molecule has 0 aromatic heterocycles. The summed E-state index contributed by atoms with van der Waals surface area (Å²) in [5.74, 6) is -4.21. The number of benzene rings is 2. The first-order valence-corrected chi connectivity index (χ1v) is 12.4. The number of nitrogens with one attached hydrogen (secondary N) is 1. The van der Waals surface area contributed by atoms with Crippen LogP contribution in [0.25, 0.3) is 0 Å². The van der Waals surface area contributed by atoms with Crippen LogP contribution in [0.2, 0.25) is 0 Å². The van der Waals surface area contributed by atoms with Gasteiger partial charge in [-0.05, 0) is 29.8 Å². The standard InChI is InChI=1S/C19H20N2O7S2/c1-29(25,26)21-17-9-7-15(8-10-17)18(22)11-16(19(23)20-24)13-30(27,28)12-14-5-3-2-4-6-14/h2-10,16,21H,11-13H2,1H3. The zero-order valence-corrected chi connectivity index (χ0v) is 17.6.